The van der Waals surface area contributed by atoms with Gasteiger partial charge in [-0.05, 0) is 37.3 Å². The Labute approximate surface area is 135 Å². The second kappa shape index (κ2) is 7.19. The van der Waals surface area contributed by atoms with Gasteiger partial charge in [-0.25, -0.2) is 9.97 Å². The smallest absolute Gasteiger partial charge is 0.251 e. The molecule has 1 aromatic heterocycles. The van der Waals surface area contributed by atoms with Crippen LogP contribution in [-0.2, 0) is 11.3 Å². The van der Waals surface area contributed by atoms with E-state index in [-0.39, 0.29) is 5.91 Å². The fourth-order valence-corrected chi connectivity index (χ4v) is 2.52. The maximum atomic E-state index is 12.2. The molecule has 0 unspecified atom stereocenters. The van der Waals surface area contributed by atoms with Crippen molar-refractivity contribution >= 4 is 11.6 Å². The van der Waals surface area contributed by atoms with Crippen LogP contribution in [0.3, 0.4) is 0 Å². The lowest BCUT2D eigenvalue weighted by Crippen LogP contribution is -2.36. The summed E-state index contributed by atoms with van der Waals surface area (Å²) in [5.74, 6) is -0.102. The van der Waals surface area contributed by atoms with Gasteiger partial charge in [0.15, 0.2) is 0 Å². The number of nitrogens with zero attached hydrogens (tertiary/aromatic N) is 3. The quantitative estimate of drug-likeness (QED) is 0.928. The van der Waals surface area contributed by atoms with E-state index in [1.54, 1.807) is 0 Å². The maximum absolute atomic E-state index is 12.2. The second-order valence-electron chi connectivity index (χ2n) is 5.48. The minimum atomic E-state index is -0.102. The Bertz CT molecular complexity index is 667. The predicted molar refractivity (Wildman–Crippen MR) is 87.4 cm³/mol. The Balaban J connectivity index is 1.59. The van der Waals surface area contributed by atoms with E-state index >= 15 is 0 Å². The molecule has 6 heteroatoms. The minimum absolute atomic E-state index is 0.102. The number of carbonyl (C=O) groups excluding carboxylic acids is 1. The van der Waals surface area contributed by atoms with Gasteiger partial charge in [0.2, 0.25) is 0 Å². The summed E-state index contributed by atoms with van der Waals surface area (Å²) >= 11 is 0. The first-order valence-corrected chi connectivity index (χ1v) is 7.71. The number of amides is 1. The highest BCUT2D eigenvalue weighted by atomic mass is 16.5. The molecule has 0 spiro atoms. The molecule has 23 heavy (non-hydrogen) atoms. The molecule has 3 rings (SSSR count). The molecule has 1 aliphatic rings. The average Bonchev–Trinajstić information content (AvgIpc) is 2.61. The van der Waals surface area contributed by atoms with Crippen molar-refractivity contribution in [3.63, 3.8) is 0 Å². The van der Waals surface area contributed by atoms with Gasteiger partial charge in [-0.3, -0.25) is 4.79 Å². The Morgan fingerprint density at radius 1 is 1.22 bits per heavy atom. The van der Waals surface area contributed by atoms with E-state index in [0.29, 0.717) is 12.1 Å². The highest BCUT2D eigenvalue weighted by molar-refractivity contribution is 5.94. The molecule has 1 aliphatic heterocycles. The number of ether oxygens (including phenoxy) is 1. The molecule has 0 aliphatic carbocycles. The van der Waals surface area contributed by atoms with E-state index in [0.717, 1.165) is 43.4 Å². The van der Waals surface area contributed by atoms with Crippen molar-refractivity contribution in [2.45, 2.75) is 13.5 Å². The highest BCUT2D eigenvalue weighted by Crippen LogP contribution is 2.16. The van der Waals surface area contributed by atoms with Crippen molar-refractivity contribution in [3.8, 4) is 0 Å². The molecule has 2 aromatic rings. The second-order valence-corrected chi connectivity index (χ2v) is 5.48. The van der Waals surface area contributed by atoms with Crippen molar-refractivity contribution in [1.29, 1.82) is 0 Å². The van der Waals surface area contributed by atoms with E-state index in [2.05, 4.69) is 20.2 Å². The SMILES string of the molecule is Cc1cc(CNC(=O)c2ccc(N3CCOCC3)cc2)ncn1. The van der Waals surface area contributed by atoms with Crippen molar-refractivity contribution in [3.05, 3.63) is 53.6 Å². The molecule has 0 atom stereocenters. The van der Waals surface area contributed by atoms with Crippen LogP contribution in [0.15, 0.2) is 36.7 Å². The molecule has 0 saturated carbocycles. The van der Waals surface area contributed by atoms with Crippen LogP contribution in [0.2, 0.25) is 0 Å². The number of anilines is 1. The summed E-state index contributed by atoms with van der Waals surface area (Å²) in [7, 11) is 0. The van der Waals surface area contributed by atoms with E-state index < -0.39 is 0 Å². The molecule has 0 bridgehead atoms. The van der Waals surface area contributed by atoms with Gasteiger partial charge >= 0.3 is 0 Å². The van der Waals surface area contributed by atoms with Crippen LogP contribution in [0.5, 0.6) is 0 Å². The molecule has 1 aromatic carbocycles. The van der Waals surface area contributed by atoms with Crippen LogP contribution >= 0.6 is 0 Å². The minimum Gasteiger partial charge on any atom is -0.378 e. The molecule has 120 valence electrons. The van der Waals surface area contributed by atoms with Crippen LogP contribution in [0, 0.1) is 6.92 Å². The molecule has 1 amide bonds. The number of nitrogens with one attached hydrogen (secondary N) is 1. The zero-order valence-corrected chi connectivity index (χ0v) is 13.2. The summed E-state index contributed by atoms with van der Waals surface area (Å²) in [5, 5.41) is 2.88. The van der Waals surface area contributed by atoms with Gasteiger partial charge in [0, 0.05) is 30.0 Å². The zero-order valence-electron chi connectivity index (χ0n) is 13.2. The third-order valence-electron chi connectivity index (χ3n) is 3.80. The predicted octanol–water partition coefficient (Wildman–Crippen LogP) is 1.55. The van der Waals surface area contributed by atoms with Gasteiger partial charge < -0.3 is 15.0 Å². The lowest BCUT2D eigenvalue weighted by atomic mass is 10.1. The molecular formula is C17H20N4O2. The number of rotatable bonds is 4. The van der Waals surface area contributed by atoms with Crippen molar-refractivity contribution in [2.75, 3.05) is 31.2 Å². The van der Waals surface area contributed by atoms with Crippen molar-refractivity contribution in [1.82, 2.24) is 15.3 Å². The zero-order chi connectivity index (χ0) is 16.1. The maximum Gasteiger partial charge on any atom is 0.251 e. The molecule has 1 fully saturated rings. The summed E-state index contributed by atoms with van der Waals surface area (Å²) in [6.45, 7) is 5.57. The Morgan fingerprint density at radius 2 is 1.96 bits per heavy atom. The van der Waals surface area contributed by atoms with E-state index in [1.807, 2.05) is 37.3 Å². The van der Waals surface area contributed by atoms with E-state index in [1.165, 1.54) is 6.33 Å². The van der Waals surface area contributed by atoms with Gasteiger partial charge in [0.05, 0.1) is 25.5 Å². The summed E-state index contributed by atoms with van der Waals surface area (Å²) in [4.78, 5) is 22.6. The summed E-state index contributed by atoms with van der Waals surface area (Å²) < 4.78 is 5.35. The molecular weight excluding hydrogens is 292 g/mol. The third-order valence-corrected chi connectivity index (χ3v) is 3.80. The number of benzene rings is 1. The number of aromatic nitrogens is 2. The Hall–Kier alpha value is -2.47. The van der Waals surface area contributed by atoms with Crippen molar-refractivity contribution < 1.29 is 9.53 Å². The molecule has 1 saturated heterocycles. The summed E-state index contributed by atoms with van der Waals surface area (Å²) in [6.07, 6.45) is 1.51. The monoisotopic (exact) mass is 312 g/mol. The molecule has 0 radical (unpaired) electrons. The number of aryl methyl sites for hydroxylation is 1. The van der Waals surface area contributed by atoms with Gasteiger partial charge in [-0.15, -0.1) is 0 Å². The van der Waals surface area contributed by atoms with Crippen LogP contribution < -0.4 is 10.2 Å². The first-order valence-electron chi connectivity index (χ1n) is 7.71. The topological polar surface area (TPSA) is 67.4 Å². The number of hydrogen-bond donors (Lipinski definition) is 1. The highest BCUT2D eigenvalue weighted by Gasteiger charge is 2.12. The normalized spacial score (nSPS) is 14.6. The molecule has 6 nitrogen and oxygen atoms in total. The fraction of sp³-hybridized carbons (Fsp3) is 0.353. The van der Waals surface area contributed by atoms with E-state index in [4.69, 9.17) is 4.74 Å². The first-order chi connectivity index (χ1) is 11.2. The fourth-order valence-electron chi connectivity index (χ4n) is 2.52. The Morgan fingerprint density at radius 3 is 2.65 bits per heavy atom. The average molecular weight is 312 g/mol. The van der Waals surface area contributed by atoms with Gasteiger partial charge in [0.1, 0.15) is 6.33 Å². The van der Waals surface area contributed by atoms with Gasteiger partial charge in [0.25, 0.3) is 5.91 Å². The Kier molecular flexibility index (Phi) is 4.83. The van der Waals surface area contributed by atoms with Crippen LogP contribution in [0.25, 0.3) is 0 Å². The molecule has 2 heterocycles. The number of morpholine rings is 1. The van der Waals surface area contributed by atoms with Gasteiger partial charge in [-0.2, -0.15) is 0 Å². The summed E-state index contributed by atoms with van der Waals surface area (Å²) in [5.41, 5.74) is 3.46. The van der Waals surface area contributed by atoms with Crippen LogP contribution in [-0.4, -0.2) is 42.2 Å². The van der Waals surface area contributed by atoms with Crippen LogP contribution in [0.1, 0.15) is 21.7 Å². The lowest BCUT2D eigenvalue weighted by Gasteiger charge is -2.28. The first kappa shape index (κ1) is 15.4. The van der Waals surface area contributed by atoms with Gasteiger partial charge in [-0.1, -0.05) is 0 Å². The standard InChI is InChI=1S/C17H20N4O2/c1-13-10-15(20-12-19-13)11-18-17(22)14-2-4-16(5-3-14)21-6-8-23-9-7-21/h2-5,10,12H,6-9,11H2,1H3,(H,18,22). The molecule has 1 N–H and O–H groups in total. The third kappa shape index (κ3) is 4.04. The number of hydrogen-bond acceptors (Lipinski definition) is 5. The van der Waals surface area contributed by atoms with E-state index in [9.17, 15) is 4.79 Å². The largest absolute Gasteiger partial charge is 0.378 e. The summed E-state index contributed by atoms with van der Waals surface area (Å²) in [6, 6.07) is 9.53. The van der Waals surface area contributed by atoms with Crippen LogP contribution in [0.4, 0.5) is 5.69 Å². The van der Waals surface area contributed by atoms with Crippen molar-refractivity contribution in [2.24, 2.45) is 0 Å². The lowest BCUT2D eigenvalue weighted by molar-refractivity contribution is 0.0950. The number of carbonyl (C=O) groups is 1.